The fourth-order valence-corrected chi connectivity index (χ4v) is 5.99. The first kappa shape index (κ1) is 20.2. The molecule has 1 aromatic carbocycles. The minimum Gasteiger partial charge on any atom is -0.394 e. The molecule has 3 aliphatic rings. The van der Waals surface area contributed by atoms with Crippen molar-refractivity contribution in [2.75, 3.05) is 19.7 Å². The summed E-state index contributed by atoms with van der Waals surface area (Å²) in [4.78, 5) is 34.4. The highest BCUT2D eigenvalue weighted by Crippen LogP contribution is 2.54. The fourth-order valence-electron chi connectivity index (χ4n) is 5.99. The van der Waals surface area contributed by atoms with Gasteiger partial charge in [-0.3, -0.25) is 14.6 Å². The molecule has 2 saturated heterocycles. The molecular formula is C25H29N3O3. The number of aliphatic hydroxyl groups is 1. The molecule has 1 saturated carbocycles. The van der Waals surface area contributed by atoms with Crippen LogP contribution in [0.5, 0.6) is 0 Å². The number of aromatic nitrogens is 1. The van der Waals surface area contributed by atoms with E-state index in [-0.39, 0.29) is 36.3 Å². The van der Waals surface area contributed by atoms with Crippen LogP contribution in [0, 0.1) is 5.92 Å². The Balaban J connectivity index is 1.43. The van der Waals surface area contributed by atoms with E-state index in [0.29, 0.717) is 18.7 Å². The van der Waals surface area contributed by atoms with E-state index in [1.54, 1.807) is 24.5 Å². The molecule has 3 fully saturated rings. The molecule has 6 nitrogen and oxygen atoms in total. The summed E-state index contributed by atoms with van der Waals surface area (Å²) in [6.07, 6.45) is 8.64. The second-order valence-electron chi connectivity index (χ2n) is 9.19. The lowest BCUT2D eigenvalue weighted by Gasteiger charge is -2.70. The average Bonchev–Trinajstić information content (AvgIpc) is 2.79. The number of carbonyl (C=O) groups is 2. The van der Waals surface area contributed by atoms with Crippen LogP contribution in [0.1, 0.15) is 53.9 Å². The molecule has 2 aromatic rings. The first-order valence-corrected chi connectivity index (χ1v) is 11.3. The monoisotopic (exact) mass is 419 g/mol. The summed E-state index contributed by atoms with van der Waals surface area (Å²) >= 11 is 0. The van der Waals surface area contributed by atoms with Crippen molar-refractivity contribution in [3.05, 3.63) is 66.0 Å². The molecule has 31 heavy (non-hydrogen) atoms. The summed E-state index contributed by atoms with van der Waals surface area (Å²) in [5.74, 6) is 0.245. The van der Waals surface area contributed by atoms with Gasteiger partial charge < -0.3 is 14.9 Å². The summed E-state index contributed by atoms with van der Waals surface area (Å²) in [5, 5.41) is 10.2. The maximum atomic E-state index is 13.4. The zero-order valence-electron chi connectivity index (χ0n) is 17.7. The van der Waals surface area contributed by atoms with Crippen LogP contribution in [-0.2, 0) is 4.79 Å². The first-order chi connectivity index (χ1) is 15.2. The topological polar surface area (TPSA) is 73.7 Å². The second kappa shape index (κ2) is 8.08. The van der Waals surface area contributed by atoms with Gasteiger partial charge in [0.2, 0.25) is 5.91 Å². The molecule has 0 radical (unpaired) electrons. The Kier molecular flexibility index (Phi) is 5.26. The third kappa shape index (κ3) is 3.24. The largest absolute Gasteiger partial charge is 0.394 e. The molecule has 0 bridgehead atoms. The van der Waals surface area contributed by atoms with Gasteiger partial charge in [0.1, 0.15) is 0 Å². The van der Waals surface area contributed by atoms with E-state index < -0.39 is 5.54 Å². The first-order valence-electron chi connectivity index (χ1n) is 11.3. The standard InChI is InChI=1S/C25H29N3O3/c29-15-21-22(18-8-3-1-4-9-18)25(28(21)24(31)20-12-7-13-26-14-20)16-27(17-25)23(30)19-10-5-2-6-11-19/h1,3-4,7-9,12-14,19,21-22,29H,2,5-6,10-11,15-17H2/t21-,22-/m0/s1. The maximum Gasteiger partial charge on any atom is 0.256 e. The number of carbonyl (C=O) groups excluding carboxylic acids is 2. The highest BCUT2D eigenvalue weighted by atomic mass is 16.3. The number of amides is 2. The van der Waals surface area contributed by atoms with Crippen molar-refractivity contribution in [2.45, 2.75) is 49.6 Å². The SMILES string of the molecule is O=C(C1CCCCC1)N1CC2(C1)[C@@H](c1ccccc1)[C@H](CO)N2C(=O)c1cccnc1. The smallest absolute Gasteiger partial charge is 0.256 e. The lowest BCUT2D eigenvalue weighted by molar-refractivity contribution is -0.182. The summed E-state index contributed by atoms with van der Waals surface area (Å²) < 4.78 is 0. The molecule has 162 valence electrons. The van der Waals surface area contributed by atoms with Gasteiger partial charge in [0.05, 0.1) is 23.8 Å². The van der Waals surface area contributed by atoms with Crippen LogP contribution in [0.3, 0.4) is 0 Å². The maximum absolute atomic E-state index is 13.4. The number of benzene rings is 1. The molecule has 5 rings (SSSR count). The Morgan fingerprint density at radius 3 is 2.42 bits per heavy atom. The van der Waals surface area contributed by atoms with Gasteiger partial charge in [0, 0.05) is 37.3 Å². The molecule has 2 atom stereocenters. The number of pyridine rings is 1. The zero-order valence-corrected chi connectivity index (χ0v) is 17.7. The van der Waals surface area contributed by atoms with Crippen molar-refractivity contribution in [3.8, 4) is 0 Å². The minimum absolute atomic E-state index is 0.00901. The molecule has 2 amide bonds. The van der Waals surface area contributed by atoms with Gasteiger partial charge in [-0.25, -0.2) is 0 Å². The summed E-state index contributed by atoms with van der Waals surface area (Å²) in [5.41, 5.74) is 1.16. The van der Waals surface area contributed by atoms with Gasteiger partial charge >= 0.3 is 0 Å². The average molecular weight is 420 g/mol. The Bertz CT molecular complexity index is 937. The van der Waals surface area contributed by atoms with Crippen LogP contribution in [0.15, 0.2) is 54.9 Å². The van der Waals surface area contributed by atoms with E-state index in [9.17, 15) is 14.7 Å². The van der Waals surface area contributed by atoms with Crippen molar-refractivity contribution in [1.82, 2.24) is 14.8 Å². The molecule has 3 heterocycles. The van der Waals surface area contributed by atoms with Gasteiger partial charge in [-0.15, -0.1) is 0 Å². The third-order valence-corrected chi connectivity index (χ3v) is 7.44. The summed E-state index contributed by atoms with van der Waals surface area (Å²) in [6.45, 7) is 0.957. The van der Waals surface area contributed by atoms with Gasteiger partial charge in [-0.2, -0.15) is 0 Å². The molecule has 1 aliphatic carbocycles. The van der Waals surface area contributed by atoms with Crippen LogP contribution in [0.4, 0.5) is 0 Å². The van der Waals surface area contributed by atoms with Crippen molar-refractivity contribution < 1.29 is 14.7 Å². The van der Waals surface area contributed by atoms with E-state index in [4.69, 9.17) is 0 Å². The molecule has 1 spiro atoms. The predicted molar refractivity (Wildman–Crippen MR) is 116 cm³/mol. The normalized spacial score (nSPS) is 25.1. The Morgan fingerprint density at radius 1 is 1.03 bits per heavy atom. The quantitative estimate of drug-likeness (QED) is 0.827. The zero-order chi connectivity index (χ0) is 21.4. The van der Waals surface area contributed by atoms with Crippen molar-refractivity contribution >= 4 is 11.8 Å². The van der Waals surface area contributed by atoms with Crippen LogP contribution in [0.2, 0.25) is 0 Å². The van der Waals surface area contributed by atoms with Gasteiger partial charge in [0.15, 0.2) is 0 Å². The van der Waals surface area contributed by atoms with Crippen LogP contribution in [-0.4, -0.2) is 63.0 Å². The van der Waals surface area contributed by atoms with Crippen molar-refractivity contribution in [1.29, 1.82) is 0 Å². The number of rotatable bonds is 4. The molecule has 6 heteroatoms. The number of aliphatic hydroxyl groups excluding tert-OH is 1. The van der Waals surface area contributed by atoms with E-state index in [0.717, 1.165) is 31.2 Å². The van der Waals surface area contributed by atoms with Crippen molar-refractivity contribution in [2.24, 2.45) is 5.92 Å². The number of hydrogen-bond acceptors (Lipinski definition) is 4. The van der Waals surface area contributed by atoms with Gasteiger partial charge in [-0.05, 0) is 30.5 Å². The van der Waals surface area contributed by atoms with Gasteiger partial charge in [-0.1, -0.05) is 49.6 Å². The molecule has 0 unspecified atom stereocenters. The molecule has 2 aliphatic heterocycles. The lowest BCUT2D eigenvalue weighted by Crippen LogP contribution is -2.86. The highest BCUT2D eigenvalue weighted by Gasteiger charge is 2.68. The fraction of sp³-hybridized carbons (Fsp3) is 0.480. The Morgan fingerprint density at radius 2 is 1.77 bits per heavy atom. The van der Waals surface area contributed by atoms with Crippen LogP contribution >= 0.6 is 0 Å². The predicted octanol–water partition coefficient (Wildman–Crippen LogP) is 2.84. The number of hydrogen-bond donors (Lipinski definition) is 1. The molecule has 1 N–H and O–H groups in total. The van der Waals surface area contributed by atoms with E-state index in [2.05, 4.69) is 17.1 Å². The van der Waals surface area contributed by atoms with Gasteiger partial charge in [0.25, 0.3) is 5.91 Å². The number of nitrogens with zero attached hydrogens (tertiary/aromatic N) is 3. The summed E-state index contributed by atoms with van der Waals surface area (Å²) in [7, 11) is 0. The number of likely N-dealkylation sites (tertiary alicyclic amines) is 2. The van der Waals surface area contributed by atoms with E-state index >= 15 is 0 Å². The van der Waals surface area contributed by atoms with E-state index in [1.807, 2.05) is 28.0 Å². The molecule has 1 aromatic heterocycles. The Hall–Kier alpha value is -2.73. The minimum atomic E-state index is -0.466. The van der Waals surface area contributed by atoms with Crippen LogP contribution in [0.25, 0.3) is 0 Å². The summed E-state index contributed by atoms with van der Waals surface area (Å²) in [6, 6.07) is 13.3. The molecular weight excluding hydrogens is 390 g/mol. The third-order valence-electron chi connectivity index (χ3n) is 7.44. The second-order valence-corrected chi connectivity index (χ2v) is 9.19. The van der Waals surface area contributed by atoms with Crippen molar-refractivity contribution in [3.63, 3.8) is 0 Å². The Labute approximate surface area is 182 Å². The van der Waals surface area contributed by atoms with E-state index in [1.165, 1.54) is 6.42 Å². The highest BCUT2D eigenvalue weighted by molar-refractivity contribution is 5.96. The van der Waals surface area contributed by atoms with Crippen LogP contribution < -0.4 is 0 Å². The lowest BCUT2D eigenvalue weighted by atomic mass is 9.60.